The number of nitrogens with zero attached hydrogens (tertiary/aromatic N) is 1. The average Bonchev–Trinajstić information content (AvgIpc) is 3.10. The summed E-state index contributed by atoms with van der Waals surface area (Å²) in [5.74, 6) is -0.911. The summed E-state index contributed by atoms with van der Waals surface area (Å²) in [7, 11) is -2.62. The Morgan fingerprint density at radius 2 is 1.62 bits per heavy atom. The number of amides is 1. The maximum atomic E-state index is 13.7. The number of aliphatic hydroxyl groups excluding tert-OH is 1. The number of hydrogen-bond acceptors (Lipinski definition) is 5. The quantitative estimate of drug-likeness (QED) is 0.524. The number of sulfone groups is 1. The second-order valence-electron chi connectivity index (χ2n) is 8.27. The molecule has 0 aliphatic carbocycles. The van der Waals surface area contributed by atoms with Crippen LogP contribution in [0, 0.1) is 6.92 Å². The number of carbonyl (C=O) groups is 1. The SMILES string of the molecule is CCc1ccc([C@H]2C(S(=O)(=O)c3ccc(C)cc3)=C(O)C(=O)N2Cc2ccccc2OC)cc1. The topological polar surface area (TPSA) is 83.9 Å². The van der Waals surface area contributed by atoms with Gasteiger partial charge >= 0.3 is 0 Å². The van der Waals surface area contributed by atoms with Crippen molar-refractivity contribution in [3.05, 3.63) is 106 Å². The van der Waals surface area contributed by atoms with E-state index in [1.165, 1.54) is 24.1 Å². The first kappa shape index (κ1) is 23.6. The molecule has 4 rings (SSSR count). The van der Waals surface area contributed by atoms with E-state index >= 15 is 0 Å². The summed E-state index contributed by atoms with van der Waals surface area (Å²) >= 11 is 0. The molecule has 1 amide bonds. The van der Waals surface area contributed by atoms with E-state index in [2.05, 4.69) is 0 Å². The van der Waals surface area contributed by atoms with Crippen molar-refractivity contribution in [2.75, 3.05) is 7.11 Å². The van der Waals surface area contributed by atoms with Crippen molar-refractivity contribution in [2.24, 2.45) is 0 Å². The number of aliphatic hydroxyl groups is 1. The van der Waals surface area contributed by atoms with Crippen molar-refractivity contribution in [1.29, 1.82) is 0 Å². The average molecular weight is 478 g/mol. The number of para-hydroxylation sites is 1. The van der Waals surface area contributed by atoms with Crippen LogP contribution in [0.1, 0.15) is 35.2 Å². The molecule has 7 heteroatoms. The van der Waals surface area contributed by atoms with Crippen LogP contribution in [-0.2, 0) is 27.6 Å². The molecule has 0 spiro atoms. The molecule has 1 aliphatic rings. The molecule has 34 heavy (non-hydrogen) atoms. The van der Waals surface area contributed by atoms with Gasteiger partial charge in [-0.3, -0.25) is 4.79 Å². The number of benzene rings is 3. The van der Waals surface area contributed by atoms with Gasteiger partial charge < -0.3 is 14.7 Å². The highest BCUT2D eigenvalue weighted by molar-refractivity contribution is 7.95. The van der Waals surface area contributed by atoms with Gasteiger partial charge in [0.25, 0.3) is 5.91 Å². The van der Waals surface area contributed by atoms with Gasteiger partial charge in [-0.05, 0) is 42.7 Å². The van der Waals surface area contributed by atoms with Gasteiger partial charge in [0.05, 0.1) is 24.6 Å². The maximum absolute atomic E-state index is 13.7. The number of carbonyl (C=O) groups excluding carboxylic acids is 1. The molecule has 0 radical (unpaired) electrons. The van der Waals surface area contributed by atoms with Gasteiger partial charge in [0.2, 0.25) is 9.84 Å². The Morgan fingerprint density at radius 1 is 0.971 bits per heavy atom. The van der Waals surface area contributed by atoms with Crippen LogP contribution in [-0.4, -0.2) is 31.4 Å². The molecule has 0 saturated heterocycles. The lowest BCUT2D eigenvalue weighted by molar-refractivity contribution is -0.130. The molecule has 3 aromatic rings. The summed E-state index contributed by atoms with van der Waals surface area (Å²) in [6, 6.07) is 20.1. The van der Waals surface area contributed by atoms with E-state index in [1.807, 2.05) is 56.3 Å². The Hall–Kier alpha value is -3.58. The Balaban J connectivity index is 1.86. The third-order valence-electron chi connectivity index (χ3n) is 6.11. The number of aryl methyl sites for hydroxylation is 2. The van der Waals surface area contributed by atoms with E-state index in [0.29, 0.717) is 16.9 Å². The summed E-state index contributed by atoms with van der Waals surface area (Å²) in [4.78, 5) is 14.4. The highest BCUT2D eigenvalue weighted by Gasteiger charge is 2.47. The minimum absolute atomic E-state index is 0.0294. The molecule has 1 N–H and O–H groups in total. The molecule has 0 unspecified atom stereocenters. The minimum atomic E-state index is -4.16. The summed E-state index contributed by atoms with van der Waals surface area (Å²) in [5, 5.41) is 10.9. The first-order chi connectivity index (χ1) is 16.3. The summed E-state index contributed by atoms with van der Waals surface area (Å²) in [5.41, 5.74) is 3.30. The Kier molecular flexibility index (Phi) is 6.48. The van der Waals surface area contributed by atoms with Crippen LogP contribution in [0.4, 0.5) is 0 Å². The molecule has 6 nitrogen and oxygen atoms in total. The van der Waals surface area contributed by atoms with Crippen LogP contribution in [0.5, 0.6) is 5.75 Å². The fourth-order valence-electron chi connectivity index (χ4n) is 4.20. The fraction of sp³-hybridized carbons (Fsp3) is 0.222. The molecule has 1 aliphatic heterocycles. The van der Waals surface area contributed by atoms with E-state index in [-0.39, 0.29) is 16.3 Å². The second kappa shape index (κ2) is 9.35. The molecule has 0 saturated carbocycles. The van der Waals surface area contributed by atoms with Crippen LogP contribution < -0.4 is 4.74 Å². The van der Waals surface area contributed by atoms with E-state index in [1.54, 1.807) is 18.2 Å². The summed E-state index contributed by atoms with van der Waals surface area (Å²) in [6.45, 7) is 3.96. The smallest absolute Gasteiger partial charge is 0.290 e. The van der Waals surface area contributed by atoms with Crippen molar-refractivity contribution < 1.29 is 23.1 Å². The van der Waals surface area contributed by atoms with Gasteiger partial charge in [0.15, 0.2) is 5.76 Å². The predicted molar refractivity (Wildman–Crippen MR) is 130 cm³/mol. The summed E-state index contributed by atoms with van der Waals surface area (Å²) in [6.07, 6.45) is 0.824. The van der Waals surface area contributed by atoms with Gasteiger partial charge in [0.1, 0.15) is 10.7 Å². The minimum Gasteiger partial charge on any atom is -0.502 e. The van der Waals surface area contributed by atoms with E-state index in [0.717, 1.165) is 17.5 Å². The van der Waals surface area contributed by atoms with E-state index in [9.17, 15) is 18.3 Å². The van der Waals surface area contributed by atoms with Crippen LogP contribution in [0.15, 0.2) is 88.4 Å². The van der Waals surface area contributed by atoms with Crippen LogP contribution in [0.2, 0.25) is 0 Å². The zero-order valence-corrected chi connectivity index (χ0v) is 20.2. The lowest BCUT2D eigenvalue weighted by Gasteiger charge is -2.28. The van der Waals surface area contributed by atoms with Gasteiger partial charge in [-0.15, -0.1) is 0 Å². The Labute approximate surface area is 200 Å². The molecular formula is C27H27NO5S. The van der Waals surface area contributed by atoms with Gasteiger partial charge in [-0.25, -0.2) is 8.42 Å². The second-order valence-corrected chi connectivity index (χ2v) is 10.2. The molecule has 176 valence electrons. The predicted octanol–water partition coefficient (Wildman–Crippen LogP) is 4.89. The largest absolute Gasteiger partial charge is 0.502 e. The van der Waals surface area contributed by atoms with Crippen LogP contribution in [0.3, 0.4) is 0 Å². The first-order valence-corrected chi connectivity index (χ1v) is 12.5. The summed E-state index contributed by atoms with van der Waals surface area (Å²) < 4.78 is 32.8. The molecule has 0 bridgehead atoms. The van der Waals surface area contributed by atoms with Crippen LogP contribution >= 0.6 is 0 Å². The number of rotatable bonds is 7. The van der Waals surface area contributed by atoms with Crippen molar-refractivity contribution in [2.45, 2.75) is 37.8 Å². The first-order valence-electron chi connectivity index (χ1n) is 11.0. The lowest BCUT2D eigenvalue weighted by Crippen LogP contribution is -2.31. The number of methoxy groups -OCH3 is 1. The number of hydrogen-bond donors (Lipinski definition) is 1. The molecule has 1 atom stereocenters. The van der Waals surface area contributed by atoms with E-state index < -0.39 is 27.5 Å². The zero-order chi connectivity index (χ0) is 24.5. The number of ether oxygens (including phenoxy) is 1. The molecule has 1 heterocycles. The third-order valence-corrected chi connectivity index (χ3v) is 8.00. The Bertz CT molecular complexity index is 1340. The van der Waals surface area contributed by atoms with Crippen molar-refractivity contribution in [3.8, 4) is 5.75 Å². The van der Waals surface area contributed by atoms with Gasteiger partial charge in [-0.1, -0.05) is 67.1 Å². The Morgan fingerprint density at radius 3 is 2.24 bits per heavy atom. The maximum Gasteiger partial charge on any atom is 0.290 e. The van der Waals surface area contributed by atoms with Crippen LogP contribution in [0.25, 0.3) is 0 Å². The monoisotopic (exact) mass is 477 g/mol. The van der Waals surface area contributed by atoms with Gasteiger partial charge in [0, 0.05) is 5.56 Å². The van der Waals surface area contributed by atoms with Crippen molar-refractivity contribution >= 4 is 15.7 Å². The lowest BCUT2D eigenvalue weighted by atomic mass is 10.0. The molecule has 0 aromatic heterocycles. The molecule has 0 fully saturated rings. The van der Waals surface area contributed by atoms with Crippen molar-refractivity contribution in [1.82, 2.24) is 4.90 Å². The van der Waals surface area contributed by atoms with Crippen molar-refractivity contribution in [3.63, 3.8) is 0 Å². The zero-order valence-electron chi connectivity index (χ0n) is 19.4. The van der Waals surface area contributed by atoms with Gasteiger partial charge in [-0.2, -0.15) is 0 Å². The third kappa shape index (κ3) is 4.19. The molecule has 3 aromatic carbocycles. The van der Waals surface area contributed by atoms with E-state index in [4.69, 9.17) is 4.74 Å². The highest BCUT2D eigenvalue weighted by atomic mass is 32.2. The standard InChI is InChI=1S/C27H27NO5S/c1-4-19-11-13-20(14-12-19)24-26(34(31,32)22-15-9-18(2)10-16-22)25(29)27(30)28(24)17-21-7-5-6-8-23(21)33-3/h5-16,24,29H,4,17H2,1-3H3/t24-/m0/s1. The fourth-order valence-corrected chi connectivity index (χ4v) is 5.84. The normalized spacial score (nSPS) is 16.3. The molecular weight excluding hydrogens is 450 g/mol. The highest BCUT2D eigenvalue weighted by Crippen LogP contribution is 2.43.